The number of unbranched alkanes of at least 4 members (excludes halogenated alkanes) is 12. The molecule has 3 aromatic rings. The van der Waals surface area contributed by atoms with Gasteiger partial charge in [0.05, 0.1) is 0 Å². The Kier molecular flexibility index (Phi) is 16.7. The maximum absolute atomic E-state index is 11.1. The number of para-hydroxylation sites is 2. The van der Waals surface area contributed by atoms with Crippen molar-refractivity contribution in [1.29, 1.82) is 0 Å². The highest BCUT2D eigenvalue weighted by atomic mass is 16.5. The number of rotatable bonds is 24. The van der Waals surface area contributed by atoms with Crippen LogP contribution in [0.2, 0.25) is 0 Å². The van der Waals surface area contributed by atoms with Crippen molar-refractivity contribution >= 4 is 0 Å². The quantitative estimate of drug-likeness (QED) is 0.0988. The number of aromatic hydroxyl groups is 1. The molecule has 3 heteroatoms. The summed E-state index contributed by atoms with van der Waals surface area (Å²) in [7, 11) is 0. The molecule has 0 atom stereocenters. The maximum atomic E-state index is 11.1. The van der Waals surface area contributed by atoms with Gasteiger partial charge in [0, 0.05) is 18.4 Å². The van der Waals surface area contributed by atoms with Gasteiger partial charge in [-0.1, -0.05) is 139 Å². The first-order chi connectivity index (χ1) is 22.6. The molecule has 0 fully saturated rings. The van der Waals surface area contributed by atoms with Crippen molar-refractivity contribution in [2.75, 3.05) is 0 Å². The lowest BCUT2D eigenvalue weighted by atomic mass is 9.88. The average Bonchev–Trinajstić information content (AvgIpc) is 3.03. The zero-order chi connectivity index (χ0) is 34.0. The molecule has 0 spiro atoms. The number of hydrogen-bond donors (Lipinski definition) is 1. The second-order valence-electron chi connectivity index (χ2n) is 14.9. The van der Waals surface area contributed by atoms with Gasteiger partial charge in [0.1, 0.15) is 28.5 Å². The molecular weight excluding hydrogens is 576 g/mol. The molecule has 0 aliphatic rings. The van der Waals surface area contributed by atoms with Crippen LogP contribution in [0.25, 0.3) is 0 Å². The highest BCUT2D eigenvalue weighted by molar-refractivity contribution is 5.42. The molecule has 47 heavy (non-hydrogen) atoms. The van der Waals surface area contributed by atoms with Crippen molar-refractivity contribution in [2.45, 2.75) is 168 Å². The molecule has 0 unspecified atom stereocenters. The van der Waals surface area contributed by atoms with Crippen LogP contribution in [0.1, 0.15) is 154 Å². The van der Waals surface area contributed by atoms with Gasteiger partial charge in [-0.3, -0.25) is 0 Å². The Morgan fingerprint density at radius 2 is 0.872 bits per heavy atom. The third-order valence-electron chi connectivity index (χ3n) is 9.28. The van der Waals surface area contributed by atoms with Crippen LogP contribution >= 0.6 is 0 Å². The van der Waals surface area contributed by atoms with Crippen LogP contribution in [0.3, 0.4) is 0 Å². The van der Waals surface area contributed by atoms with E-state index in [4.69, 9.17) is 9.47 Å². The monoisotopic (exact) mass is 643 g/mol. The van der Waals surface area contributed by atoms with Gasteiger partial charge in [-0.05, 0) is 88.3 Å². The van der Waals surface area contributed by atoms with E-state index >= 15 is 0 Å². The van der Waals surface area contributed by atoms with Crippen LogP contribution in [-0.4, -0.2) is 16.3 Å². The molecule has 0 aliphatic heterocycles. The van der Waals surface area contributed by atoms with E-state index in [1.54, 1.807) is 6.07 Å². The lowest BCUT2D eigenvalue weighted by Crippen LogP contribution is -2.34. The van der Waals surface area contributed by atoms with Crippen LogP contribution in [0, 0.1) is 0 Å². The van der Waals surface area contributed by atoms with E-state index in [1.165, 1.54) is 101 Å². The number of hydrogen-bond acceptors (Lipinski definition) is 3. The van der Waals surface area contributed by atoms with Gasteiger partial charge in [0.15, 0.2) is 0 Å². The van der Waals surface area contributed by atoms with Gasteiger partial charge in [-0.25, -0.2) is 0 Å². The second-order valence-corrected chi connectivity index (χ2v) is 14.9. The van der Waals surface area contributed by atoms with Gasteiger partial charge in [-0.2, -0.15) is 0 Å². The third-order valence-corrected chi connectivity index (χ3v) is 9.28. The van der Waals surface area contributed by atoms with Gasteiger partial charge >= 0.3 is 0 Å². The van der Waals surface area contributed by atoms with Crippen LogP contribution in [0.15, 0.2) is 66.7 Å². The fourth-order valence-corrected chi connectivity index (χ4v) is 6.71. The first-order valence-corrected chi connectivity index (χ1v) is 19.0. The Labute approximate surface area is 288 Å². The van der Waals surface area contributed by atoms with E-state index in [1.807, 2.05) is 6.07 Å². The van der Waals surface area contributed by atoms with Crippen molar-refractivity contribution < 1.29 is 14.6 Å². The number of phenolic OH excluding ortho intramolecular Hbond substituents is 1. The fourth-order valence-electron chi connectivity index (χ4n) is 6.71. The minimum Gasteiger partial charge on any atom is -0.508 e. The van der Waals surface area contributed by atoms with Crippen LogP contribution in [0.4, 0.5) is 0 Å². The summed E-state index contributed by atoms with van der Waals surface area (Å²) in [6.07, 6.45) is 21.6. The molecule has 0 heterocycles. The third kappa shape index (κ3) is 14.4. The number of ether oxygens (including phenoxy) is 2. The molecule has 0 aromatic heterocycles. The molecule has 0 amide bonds. The Bertz CT molecular complexity index is 1290. The van der Waals surface area contributed by atoms with E-state index in [2.05, 4.69) is 96.1 Å². The summed E-state index contributed by atoms with van der Waals surface area (Å²) in [5.41, 5.74) is 3.65. The number of aryl methyl sites for hydroxylation is 2. The molecule has 3 nitrogen and oxygen atoms in total. The van der Waals surface area contributed by atoms with Crippen LogP contribution < -0.4 is 9.47 Å². The molecule has 3 rings (SSSR count). The fraction of sp³-hybridized carbons (Fsp3) is 0.591. The van der Waals surface area contributed by atoms with Crippen LogP contribution in [-0.2, 0) is 25.7 Å². The van der Waals surface area contributed by atoms with E-state index in [-0.39, 0.29) is 0 Å². The molecule has 0 saturated heterocycles. The van der Waals surface area contributed by atoms with E-state index in [0.717, 1.165) is 35.5 Å². The summed E-state index contributed by atoms with van der Waals surface area (Å²) in [6, 6.07) is 22.9. The average molecular weight is 643 g/mol. The SMILES string of the molecule is CCCCCCCCCc1ccccc1OC(C)(C)Cc1cccc(O)c1CC(C)(C)Oc1ccccc1CCCCCCCCC. The minimum absolute atomic E-state index is 0.325. The molecule has 0 bridgehead atoms. The second kappa shape index (κ2) is 20.4. The largest absolute Gasteiger partial charge is 0.508 e. The Hall–Kier alpha value is -2.94. The lowest BCUT2D eigenvalue weighted by molar-refractivity contribution is 0.101. The van der Waals surface area contributed by atoms with Crippen molar-refractivity contribution in [3.63, 3.8) is 0 Å². The van der Waals surface area contributed by atoms with Gasteiger partial charge < -0.3 is 14.6 Å². The van der Waals surface area contributed by atoms with Gasteiger partial charge in [0.2, 0.25) is 0 Å². The maximum Gasteiger partial charge on any atom is 0.123 e. The number of phenols is 1. The van der Waals surface area contributed by atoms with Gasteiger partial charge in [0.25, 0.3) is 0 Å². The van der Waals surface area contributed by atoms with Crippen LogP contribution in [0.5, 0.6) is 17.2 Å². The van der Waals surface area contributed by atoms with Crippen molar-refractivity contribution in [3.8, 4) is 17.2 Å². The summed E-state index contributed by atoms with van der Waals surface area (Å²) >= 11 is 0. The van der Waals surface area contributed by atoms with Crippen molar-refractivity contribution in [2.24, 2.45) is 0 Å². The minimum atomic E-state index is -0.502. The molecule has 0 aliphatic carbocycles. The standard InChI is InChI=1S/C44H66O3/c1-7-9-11-13-15-17-19-26-36-28-21-23-32-41(36)46-43(3,4)34-38-30-25-31-40(45)39(38)35-44(5,6)47-42-33-24-22-29-37(42)27-20-18-16-14-12-10-8-2/h21-25,28-33,45H,7-20,26-27,34-35H2,1-6H3. The molecular formula is C44H66O3. The summed E-state index contributed by atoms with van der Waals surface area (Å²) in [4.78, 5) is 0. The van der Waals surface area contributed by atoms with E-state index < -0.39 is 11.2 Å². The number of benzene rings is 3. The molecule has 1 N–H and O–H groups in total. The Morgan fingerprint density at radius 3 is 1.36 bits per heavy atom. The van der Waals surface area contributed by atoms with Crippen molar-refractivity contribution in [1.82, 2.24) is 0 Å². The predicted molar refractivity (Wildman–Crippen MR) is 201 cm³/mol. The Balaban J connectivity index is 1.63. The zero-order valence-corrected chi connectivity index (χ0v) is 30.8. The highest BCUT2D eigenvalue weighted by Gasteiger charge is 2.28. The van der Waals surface area contributed by atoms with E-state index in [9.17, 15) is 5.11 Å². The smallest absolute Gasteiger partial charge is 0.123 e. The Morgan fingerprint density at radius 1 is 0.468 bits per heavy atom. The molecule has 3 aromatic carbocycles. The summed E-state index contributed by atoms with van der Waals surface area (Å²) in [5, 5.41) is 11.1. The van der Waals surface area contributed by atoms with Gasteiger partial charge in [-0.15, -0.1) is 0 Å². The zero-order valence-electron chi connectivity index (χ0n) is 30.8. The molecule has 0 radical (unpaired) electrons. The summed E-state index contributed by atoms with van der Waals surface area (Å²) < 4.78 is 13.5. The highest BCUT2D eigenvalue weighted by Crippen LogP contribution is 2.34. The van der Waals surface area contributed by atoms with E-state index in [0.29, 0.717) is 18.6 Å². The predicted octanol–water partition coefficient (Wildman–Crippen LogP) is 12.8. The molecule has 0 saturated carbocycles. The first kappa shape index (κ1) is 38.5. The normalized spacial score (nSPS) is 12.0. The van der Waals surface area contributed by atoms with Crippen molar-refractivity contribution in [3.05, 3.63) is 89.0 Å². The first-order valence-electron chi connectivity index (χ1n) is 19.0. The topological polar surface area (TPSA) is 38.7 Å². The molecule has 260 valence electrons. The summed E-state index contributed by atoms with van der Waals surface area (Å²) in [6.45, 7) is 13.1. The summed E-state index contributed by atoms with van der Waals surface area (Å²) in [5.74, 6) is 2.26. The lowest BCUT2D eigenvalue weighted by Gasteiger charge is -2.32.